The van der Waals surface area contributed by atoms with E-state index in [1.54, 1.807) is 22.7 Å². The van der Waals surface area contributed by atoms with E-state index >= 15 is 0 Å². The Balaban J connectivity index is 1.20. The van der Waals surface area contributed by atoms with E-state index in [-0.39, 0.29) is 0 Å². The normalized spacial score (nSPS) is 11.7. The maximum absolute atomic E-state index is 5.58. The minimum Gasteiger partial charge on any atom is -0.208 e. The first kappa shape index (κ1) is 34.7. The van der Waals surface area contributed by atoms with Crippen LogP contribution in [0.15, 0.2) is 200 Å². The topological polar surface area (TPSA) is 38.7 Å². The lowest BCUT2D eigenvalue weighted by Gasteiger charge is -2.18. The summed E-state index contributed by atoms with van der Waals surface area (Å²) in [5.41, 5.74) is 9.73. The van der Waals surface area contributed by atoms with Crippen molar-refractivity contribution in [3.63, 3.8) is 0 Å². The smallest absolute Gasteiger partial charge is 0.165 e. The second kappa shape index (κ2) is 14.2. The van der Waals surface area contributed by atoms with Gasteiger partial charge in [0.25, 0.3) is 0 Å². The highest BCUT2D eigenvalue weighted by atomic mass is 32.1. The first-order valence-electron chi connectivity index (χ1n) is 20.1. The molecule has 3 nitrogen and oxygen atoms in total. The van der Waals surface area contributed by atoms with E-state index in [2.05, 4.69) is 200 Å². The van der Waals surface area contributed by atoms with E-state index in [4.69, 9.17) is 15.0 Å². The maximum Gasteiger partial charge on any atom is 0.165 e. The molecule has 0 unspecified atom stereocenters. The molecule has 0 radical (unpaired) electrons. The molecule has 5 heteroatoms. The fourth-order valence-electron chi connectivity index (χ4n) is 8.78. The van der Waals surface area contributed by atoms with Crippen LogP contribution in [0.4, 0.5) is 0 Å². The molecular formula is C55H33N3S2. The highest BCUT2D eigenvalue weighted by molar-refractivity contribution is 7.26. The molecule has 9 aromatic carbocycles. The molecule has 0 saturated carbocycles. The van der Waals surface area contributed by atoms with E-state index in [1.165, 1.54) is 45.9 Å². The van der Waals surface area contributed by atoms with Crippen molar-refractivity contribution in [2.45, 2.75) is 0 Å². The third-order valence-corrected chi connectivity index (χ3v) is 14.0. The lowest BCUT2D eigenvalue weighted by molar-refractivity contribution is 1.08. The van der Waals surface area contributed by atoms with Gasteiger partial charge in [0.15, 0.2) is 17.5 Å². The summed E-state index contributed by atoms with van der Waals surface area (Å²) in [6.45, 7) is 0. The summed E-state index contributed by atoms with van der Waals surface area (Å²) in [6, 6.07) is 71.5. The number of rotatable bonds is 6. The summed E-state index contributed by atoms with van der Waals surface area (Å²) in [5, 5.41) is 7.12. The van der Waals surface area contributed by atoms with E-state index in [9.17, 15) is 0 Å². The molecule has 0 atom stereocenters. The van der Waals surface area contributed by atoms with Crippen LogP contribution in [-0.2, 0) is 0 Å². The number of hydrogen-bond donors (Lipinski definition) is 0. The molecule has 12 aromatic rings. The van der Waals surface area contributed by atoms with Crippen molar-refractivity contribution < 1.29 is 0 Å². The second-order valence-corrected chi connectivity index (χ2v) is 17.2. The van der Waals surface area contributed by atoms with Crippen molar-refractivity contribution in [2.75, 3.05) is 0 Å². The lowest BCUT2D eigenvalue weighted by atomic mass is 9.88. The Hall–Kier alpha value is -7.31. The second-order valence-electron chi connectivity index (χ2n) is 15.1. The summed E-state index contributed by atoms with van der Waals surface area (Å²) in [4.78, 5) is 16.6. The Labute approximate surface area is 354 Å². The van der Waals surface area contributed by atoms with Crippen LogP contribution in [-0.4, -0.2) is 15.0 Å². The largest absolute Gasteiger partial charge is 0.208 e. The Morgan fingerprint density at radius 2 is 0.783 bits per heavy atom. The predicted octanol–water partition coefficient (Wildman–Crippen LogP) is 15.8. The number of fused-ring (bicyclic) bond motifs is 7. The van der Waals surface area contributed by atoms with Gasteiger partial charge in [0.2, 0.25) is 0 Å². The molecule has 0 N–H and O–H groups in total. The minimum atomic E-state index is 0.639. The standard InChI is InChI=1S/C55H33N3S2/c1-3-15-34(16-4-1)37-20-11-21-38(33-37)40-32-31-36-19-12-24-39(35-17-5-2-6-18-35)49(36)50(40)55-57-53(45-27-13-25-43-41-22-7-9-29-47(41)59-51(43)45)56-54(58-55)46-28-14-26-44-42-23-8-10-30-48(42)60-52(44)46/h1-33H. The molecule has 0 spiro atoms. The van der Waals surface area contributed by atoms with Gasteiger partial charge in [-0.2, -0.15) is 0 Å². The Bertz CT molecular complexity index is 3470. The molecule has 0 aliphatic carbocycles. The van der Waals surface area contributed by atoms with Gasteiger partial charge in [0.05, 0.1) is 0 Å². The van der Waals surface area contributed by atoms with Gasteiger partial charge in [-0.1, -0.05) is 170 Å². The monoisotopic (exact) mass is 799 g/mol. The molecule has 3 aromatic heterocycles. The molecule has 60 heavy (non-hydrogen) atoms. The van der Waals surface area contributed by atoms with E-state index in [0.717, 1.165) is 55.3 Å². The van der Waals surface area contributed by atoms with Gasteiger partial charge in [-0.05, 0) is 69.1 Å². The summed E-state index contributed by atoms with van der Waals surface area (Å²) in [6.07, 6.45) is 0. The van der Waals surface area contributed by atoms with Gasteiger partial charge in [-0.25, -0.2) is 15.0 Å². The highest BCUT2D eigenvalue weighted by Crippen LogP contribution is 2.46. The molecule has 0 aliphatic rings. The summed E-state index contributed by atoms with van der Waals surface area (Å²) < 4.78 is 4.82. The Morgan fingerprint density at radius 1 is 0.300 bits per heavy atom. The van der Waals surface area contributed by atoms with Crippen molar-refractivity contribution in [1.29, 1.82) is 0 Å². The minimum absolute atomic E-state index is 0.639. The van der Waals surface area contributed by atoms with Gasteiger partial charge in [0, 0.05) is 62.4 Å². The first-order chi connectivity index (χ1) is 29.7. The molecule has 3 heterocycles. The zero-order valence-electron chi connectivity index (χ0n) is 32.2. The lowest BCUT2D eigenvalue weighted by Crippen LogP contribution is -2.02. The van der Waals surface area contributed by atoms with Crippen molar-refractivity contribution in [1.82, 2.24) is 15.0 Å². The summed E-state index contributed by atoms with van der Waals surface area (Å²) in [5.74, 6) is 1.95. The van der Waals surface area contributed by atoms with E-state index in [1.807, 2.05) is 0 Å². The number of nitrogens with zero attached hydrogens (tertiary/aromatic N) is 3. The zero-order valence-corrected chi connectivity index (χ0v) is 33.8. The van der Waals surface area contributed by atoms with E-state index < -0.39 is 0 Å². The summed E-state index contributed by atoms with van der Waals surface area (Å²) >= 11 is 3.59. The number of benzene rings is 9. The van der Waals surface area contributed by atoms with Crippen LogP contribution in [0, 0.1) is 0 Å². The van der Waals surface area contributed by atoms with Gasteiger partial charge in [-0.3, -0.25) is 0 Å². The fourth-order valence-corrected chi connectivity index (χ4v) is 11.2. The van der Waals surface area contributed by atoms with Crippen LogP contribution in [0.2, 0.25) is 0 Å². The van der Waals surface area contributed by atoms with Crippen molar-refractivity contribution in [3.05, 3.63) is 200 Å². The molecule has 0 saturated heterocycles. The van der Waals surface area contributed by atoms with Crippen molar-refractivity contribution in [2.24, 2.45) is 0 Å². The molecule has 12 rings (SSSR count). The van der Waals surface area contributed by atoms with Crippen LogP contribution < -0.4 is 0 Å². The Morgan fingerprint density at radius 3 is 1.43 bits per heavy atom. The number of hydrogen-bond acceptors (Lipinski definition) is 5. The third kappa shape index (κ3) is 5.74. The van der Waals surface area contributed by atoms with Gasteiger partial charge >= 0.3 is 0 Å². The first-order valence-corrected chi connectivity index (χ1v) is 21.7. The van der Waals surface area contributed by atoms with E-state index in [0.29, 0.717) is 17.5 Å². The molecule has 0 bridgehead atoms. The van der Waals surface area contributed by atoms with Crippen LogP contribution in [0.5, 0.6) is 0 Å². The van der Waals surface area contributed by atoms with Crippen LogP contribution in [0.25, 0.3) is 119 Å². The average Bonchev–Trinajstić information content (AvgIpc) is 3.90. The highest BCUT2D eigenvalue weighted by Gasteiger charge is 2.23. The number of aromatic nitrogens is 3. The molecule has 0 fully saturated rings. The fraction of sp³-hybridized carbons (Fsp3) is 0. The van der Waals surface area contributed by atoms with Gasteiger partial charge < -0.3 is 0 Å². The average molecular weight is 800 g/mol. The zero-order chi connectivity index (χ0) is 39.6. The van der Waals surface area contributed by atoms with Gasteiger partial charge in [-0.15, -0.1) is 22.7 Å². The predicted molar refractivity (Wildman–Crippen MR) is 256 cm³/mol. The van der Waals surface area contributed by atoms with Crippen molar-refractivity contribution in [3.8, 4) is 67.5 Å². The molecule has 0 amide bonds. The summed E-state index contributed by atoms with van der Waals surface area (Å²) in [7, 11) is 0. The quantitative estimate of drug-likeness (QED) is 0.168. The van der Waals surface area contributed by atoms with Crippen LogP contribution in [0.3, 0.4) is 0 Å². The molecule has 280 valence electrons. The third-order valence-electron chi connectivity index (χ3n) is 11.6. The Kier molecular flexibility index (Phi) is 8.22. The SMILES string of the molecule is c1ccc(-c2cccc(-c3ccc4cccc(-c5ccccc5)c4c3-c3nc(-c4cccc5c4sc4ccccc45)nc(-c4cccc5c4sc4ccccc45)n3)c2)cc1. The van der Waals surface area contributed by atoms with Crippen LogP contribution in [0.1, 0.15) is 0 Å². The number of thiophene rings is 2. The molecular weight excluding hydrogens is 767 g/mol. The van der Waals surface area contributed by atoms with Crippen LogP contribution >= 0.6 is 22.7 Å². The van der Waals surface area contributed by atoms with Crippen molar-refractivity contribution >= 4 is 73.8 Å². The van der Waals surface area contributed by atoms with Gasteiger partial charge in [0.1, 0.15) is 0 Å². The maximum atomic E-state index is 5.58. The molecule has 0 aliphatic heterocycles.